The number of hydrogen-bond acceptors (Lipinski definition) is 8. The number of ether oxygens (including phenoxy) is 3. The minimum atomic E-state index is -0.637. The van der Waals surface area contributed by atoms with Gasteiger partial charge < -0.3 is 28.8 Å². The van der Waals surface area contributed by atoms with Gasteiger partial charge in [-0.25, -0.2) is 9.59 Å². The lowest BCUT2D eigenvalue weighted by atomic mass is 10.1. The summed E-state index contributed by atoms with van der Waals surface area (Å²) in [5.41, 5.74) is 1.77. The van der Waals surface area contributed by atoms with Gasteiger partial charge in [0.2, 0.25) is 5.76 Å². The van der Waals surface area contributed by atoms with Gasteiger partial charge >= 0.3 is 12.0 Å². The van der Waals surface area contributed by atoms with Crippen LogP contribution < -0.4 is 15.0 Å². The van der Waals surface area contributed by atoms with E-state index in [0.717, 1.165) is 23.7 Å². The molecule has 0 unspecified atom stereocenters. The van der Waals surface area contributed by atoms with Crippen LogP contribution in [0.15, 0.2) is 40.4 Å². The fourth-order valence-electron chi connectivity index (χ4n) is 3.54. The van der Waals surface area contributed by atoms with Crippen molar-refractivity contribution in [3.8, 4) is 5.75 Å². The fraction of sp³-hybridized carbons (Fsp3) is 0.318. The number of imide groups is 1. The highest BCUT2D eigenvalue weighted by Crippen LogP contribution is 2.29. The molecule has 0 atom stereocenters. The van der Waals surface area contributed by atoms with E-state index < -0.39 is 17.9 Å². The Morgan fingerprint density at radius 2 is 1.94 bits per heavy atom. The van der Waals surface area contributed by atoms with Crippen LogP contribution in [0.5, 0.6) is 5.75 Å². The maximum absolute atomic E-state index is 12.8. The van der Waals surface area contributed by atoms with Crippen molar-refractivity contribution in [3.05, 3.63) is 53.1 Å². The zero-order valence-corrected chi connectivity index (χ0v) is 17.8. The summed E-state index contributed by atoms with van der Waals surface area (Å²) in [4.78, 5) is 39.9. The van der Waals surface area contributed by atoms with Crippen LogP contribution in [0.3, 0.4) is 0 Å². The fourth-order valence-corrected chi connectivity index (χ4v) is 3.54. The summed E-state index contributed by atoms with van der Waals surface area (Å²) in [7, 11) is 2.79. The van der Waals surface area contributed by atoms with Gasteiger partial charge in [0.1, 0.15) is 17.2 Å². The molecule has 10 nitrogen and oxygen atoms in total. The third kappa shape index (κ3) is 4.30. The highest BCUT2D eigenvalue weighted by atomic mass is 16.5. The molecule has 1 aromatic carbocycles. The van der Waals surface area contributed by atoms with Gasteiger partial charge in [-0.3, -0.25) is 9.69 Å². The predicted octanol–water partition coefficient (Wildman–Crippen LogP) is 2.00. The van der Waals surface area contributed by atoms with Crippen molar-refractivity contribution in [2.75, 3.05) is 45.4 Å². The number of carbonyl (C=O) groups is 3. The quantitative estimate of drug-likeness (QED) is 0.412. The standard InChI is InChI=1S/C22H23N3O7/c1-29-19-12-15(24-7-9-31-10-8-24)4-3-14(19)11-17-20(26)25(22(28)23-17)13-16-5-6-18(32-16)21(27)30-2/h3-6,11-12H,7-10,13H2,1-2H3,(H,23,28)/b17-11-. The molecule has 0 aliphatic carbocycles. The number of benzene rings is 1. The first-order valence-corrected chi connectivity index (χ1v) is 10.0. The normalized spacial score (nSPS) is 17.6. The molecule has 32 heavy (non-hydrogen) atoms. The lowest BCUT2D eigenvalue weighted by Gasteiger charge is -2.29. The number of urea groups is 1. The van der Waals surface area contributed by atoms with Crippen molar-refractivity contribution in [2.45, 2.75) is 6.54 Å². The number of nitrogens with zero attached hydrogens (tertiary/aromatic N) is 2. The molecular weight excluding hydrogens is 418 g/mol. The Kier molecular flexibility index (Phi) is 6.13. The molecule has 2 saturated heterocycles. The maximum atomic E-state index is 12.8. The maximum Gasteiger partial charge on any atom is 0.373 e. The Morgan fingerprint density at radius 3 is 2.66 bits per heavy atom. The third-order valence-corrected chi connectivity index (χ3v) is 5.22. The monoisotopic (exact) mass is 441 g/mol. The van der Waals surface area contributed by atoms with E-state index in [1.807, 2.05) is 18.2 Å². The summed E-state index contributed by atoms with van der Waals surface area (Å²) in [6.07, 6.45) is 1.57. The zero-order valence-electron chi connectivity index (χ0n) is 17.8. The van der Waals surface area contributed by atoms with Gasteiger partial charge in [0.05, 0.1) is 34.0 Å². The van der Waals surface area contributed by atoms with Gasteiger partial charge in [0.15, 0.2) is 0 Å². The summed E-state index contributed by atoms with van der Waals surface area (Å²) in [6, 6.07) is 8.04. The molecule has 2 fully saturated rings. The first kappa shape index (κ1) is 21.4. The first-order chi connectivity index (χ1) is 15.5. The number of methoxy groups -OCH3 is 2. The Labute approximate surface area is 184 Å². The van der Waals surface area contributed by atoms with E-state index in [1.165, 1.54) is 19.2 Å². The zero-order chi connectivity index (χ0) is 22.7. The molecule has 2 aromatic rings. The summed E-state index contributed by atoms with van der Waals surface area (Å²) in [6.45, 7) is 2.80. The SMILES string of the molecule is COC(=O)c1ccc(CN2C(=O)N/C(=C\c3ccc(N4CCOCC4)cc3OC)C2=O)o1. The minimum absolute atomic E-state index is 0.00425. The smallest absolute Gasteiger partial charge is 0.373 e. The lowest BCUT2D eigenvalue weighted by Crippen LogP contribution is -2.36. The van der Waals surface area contributed by atoms with Crippen LogP contribution in [-0.2, 0) is 20.8 Å². The van der Waals surface area contributed by atoms with Gasteiger partial charge in [0, 0.05) is 30.4 Å². The average Bonchev–Trinajstić information content (AvgIpc) is 3.40. The van der Waals surface area contributed by atoms with Crippen LogP contribution in [0.4, 0.5) is 10.5 Å². The van der Waals surface area contributed by atoms with Gasteiger partial charge in [-0.15, -0.1) is 0 Å². The number of amides is 3. The molecule has 0 spiro atoms. The number of hydrogen-bond donors (Lipinski definition) is 1. The van der Waals surface area contributed by atoms with Gasteiger partial charge in [-0.2, -0.15) is 0 Å². The van der Waals surface area contributed by atoms with Gasteiger partial charge in [0.25, 0.3) is 5.91 Å². The van der Waals surface area contributed by atoms with E-state index in [0.29, 0.717) is 24.5 Å². The Morgan fingerprint density at radius 1 is 1.16 bits per heavy atom. The molecule has 0 saturated carbocycles. The number of nitrogens with one attached hydrogen (secondary N) is 1. The van der Waals surface area contributed by atoms with E-state index in [9.17, 15) is 14.4 Å². The first-order valence-electron chi connectivity index (χ1n) is 10.0. The number of furan rings is 1. The summed E-state index contributed by atoms with van der Waals surface area (Å²) in [5, 5.41) is 2.58. The number of rotatable bonds is 6. The van der Waals surface area contributed by atoms with Crippen molar-refractivity contribution in [1.82, 2.24) is 10.2 Å². The molecule has 0 radical (unpaired) electrons. The van der Waals surface area contributed by atoms with Crippen LogP contribution in [0.1, 0.15) is 21.9 Å². The molecule has 4 rings (SSSR count). The van der Waals surface area contributed by atoms with Crippen molar-refractivity contribution >= 4 is 29.7 Å². The molecule has 2 aliphatic rings. The van der Waals surface area contributed by atoms with Crippen LogP contribution in [0.2, 0.25) is 0 Å². The van der Waals surface area contributed by atoms with Crippen molar-refractivity contribution in [3.63, 3.8) is 0 Å². The molecule has 1 aromatic heterocycles. The molecule has 168 valence electrons. The topological polar surface area (TPSA) is 111 Å². The molecular formula is C22H23N3O7. The number of morpholine rings is 1. The largest absolute Gasteiger partial charge is 0.496 e. The second-order valence-electron chi connectivity index (χ2n) is 7.16. The lowest BCUT2D eigenvalue weighted by molar-refractivity contribution is -0.123. The third-order valence-electron chi connectivity index (χ3n) is 5.22. The summed E-state index contributed by atoms with van der Waals surface area (Å²) < 4.78 is 20.8. The molecule has 0 bridgehead atoms. The van der Waals surface area contributed by atoms with E-state index in [2.05, 4.69) is 15.0 Å². The summed E-state index contributed by atoms with van der Waals surface area (Å²) >= 11 is 0. The molecule has 10 heteroatoms. The highest BCUT2D eigenvalue weighted by molar-refractivity contribution is 6.14. The van der Waals surface area contributed by atoms with Gasteiger partial charge in [-0.05, 0) is 30.3 Å². The van der Waals surface area contributed by atoms with Gasteiger partial charge in [-0.1, -0.05) is 0 Å². The van der Waals surface area contributed by atoms with Crippen LogP contribution in [0, 0.1) is 0 Å². The van der Waals surface area contributed by atoms with Crippen molar-refractivity contribution in [1.29, 1.82) is 0 Å². The molecule has 3 heterocycles. The number of esters is 1. The minimum Gasteiger partial charge on any atom is -0.496 e. The van der Waals surface area contributed by atoms with Crippen molar-refractivity contribution < 1.29 is 33.0 Å². The number of anilines is 1. The molecule has 2 aliphatic heterocycles. The van der Waals surface area contributed by atoms with Crippen LogP contribution >= 0.6 is 0 Å². The second-order valence-corrected chi connectivity index (χ2v) is 7.16. The Balaban J connectivity index is 1.52. The highest BCUT2D eigenvalue weighted by Gasteiger charge is 2.34. The van der Waals surface area contributed by atoms with E-state index in [1.54, 1.807) is 13.2 Å². The average molecular weight is 441 g/mol. The Hall–Kier alpha value is -3.79. The molecule has 1 N–H and O–H groups in total. The van der Waals surface area contributed by atoms with E-state index in [-0.39, 0.29) is 23.8 Å². The summed E-state index contributed by atoms with van der Waals surface area (Å²) in [5.74, 6) is -0.291. The second kappa shape index (κ2) is 9.15. The van der Waals surface area contributed by atoms with E-state index in [4.69, 9.17) is 13.9 Å². The van der Waals surface area contributed by atoms with Crippen LogP contribution in [0.25, 0.3) is 6.08 Å². The predicted molar refractivity (Wildman–Crippen MR) is 113 cm³/mol. The van der Waals surface area contributed by atoms with E-state index >= 15 is 0 Å². The van der Waals surface area contributed by atoms with Crippen molar-refractivity contribution in [2.24, 2.45) is 0 Å². The number of carbonyl (C=O) groups excluding carboxylic acids is 3. The van der Waals surface area contributed by atoms with Crippen LogP contribution in [-0.4, -0.2) is 63.3 Å². The Bertz CT molecular complexity index is 1070. The molecule has 3 amide bonds.